The quantitative estimate of drug-likeness (QED) is 0.302. The Morgan fingerprint density at radius 2 is 1.72 bits per heavy atom. The minimum atomic E-state index is -0.872. The number of anilines is 3. The lowest BCUT2D eigenvalue weighted by Crippen LogP contribution is -2.29. The number of amides is 2. The van der Waals surface area contributed by atoms with Crippen molar-refractivity contribution in [1.29, 1.82) is 0 Å². The zero-order valence-corrected chi connectivity index (χ0v) is 22.9. The lowest BCUT2D eigenvalue weighted by atomic mass is 9.97. The van der Waals surface area contributed by atoms with E-state index in [0.29, 0.717) is 46.9 Å². The third-order valence-corrected chi connectivity index (χ3v) is 6.73. The molecular formula is C30H31ClN4O4. The van der Waals surface area contributed by atoms with Gasteiger partial charge < -0.3 is 25.5 Å². The molecule has 0 aliphatic carbocycles. The van der Waals surface area contributed by atoms with E-state index in [2.05, 4.69) is 10.6 Å². The van der Waals surface area contributed by atoms with Crippen molar-refractivity contribution in [3.8, 4) is 0 Å². The first kappa shape index (κ1) is 27.9. The fourth-order valence-corrected chi connectivity index (χ4v) is 4.52. The summed E-state index contributed by atoms with van der Waals surface area (Å²) in [6.07, 6.45) is 0.788. The summed E-state index contributed by atoms with van der Waals surface area (Å²) in [6.45, 7) is 0.667. The van der Waals surface area contributed by atoms with E-state index in [0.717, 1.165) is 22.5 Å². The molecule has 1 heterocycles. The van der Waals surface area contributed by atoms with Crippen molar-refractivity contribution in [2.45, 2.75) is 19.3 Å². The highest BCUT2D eigenvalue weighted by molar-refractivity contribution is 6.38. The zero-order chi connectivity index (χ0) is 28.1. The normalized spacial score (nSPS) is 13.6. The van der Waals surface area contributed by atoms with Crippen LogP contribution >= 0.6 is 11.6 Å². The monoisotopic (exact) mass is 546 g/mol. The number of carboxylic acids is 1. The first-order valence-corrected chi connectivity index (χ1v) is 12.9. The maximum absolute atomic E-state index is 13.2. The van der Waals surface area contributed by atoms with Crippen LogP contribution in [-0.2, 0) is 20.8 Å². The zero-order valence-electron chi connectivity index (χ0n) is 22.1. The average Bonchev–Trinajstić information content (AvgIpc) is 3.23. The van der Waals surface area contributed by atoms with Crippen LogP contribution in [-0.4, -0.2) is 55.5 Å². The summed E-state index contributed by atoms with van der Waals surface area (Å²) in [6, 6.07) is 20.2. The van der Waals surface area contributed by atoms with Crippen molar-refractivity contribution in [3.63, 3.8) is 0 Å². The van der Waals surface area contributed by atoms with E-state index in [1.807, 2.05) is 67.5 Å². The molecule has 0 radical (unpaired) electrons. The van der Waals surface area contributed by atoms with Crippen molar-refractivity contribution in [2.75, 3.05) is 43.2 Å². The number of hydrogen-bond acceptors (Lipinski definition) is 5. The minimum absolute atomic E-state index is 0.00679. The molecule has 202 valence electrons. The van der Waals surface area contributed by atoms with Gasteiger partial charge in [0.05, 0.1) is 17.0 Å². The molecule has 0 unspecified atom stereocenters. The van der Waals surface area contributed by atoms with Crippen LogP contribution in [0.4, 0.5) is 17.1 Å². The van der Waals surface area contributed by atoms with Gasteiger partial charge >= 0.3 is 5.97 Å². The van der Waals surface area contributed by atoms with Gasteiger partial charge in [0.1, 0.15) is 0 Å². The van der Waals surface area contributed by atoms with Gasteiger partial charge in [-0.3, -0.25) is 14.4 Å². The molecule has 0 saturated carbocycles. The van der Waals surface area contributed by atoms with E-state index in [9.17, 15) is 14.4 Å². The molecule has 0 spiro atoms. The number of nitrogens with one attached hydrogen (secondary N) is 2. The Morgan fingerprint density at radius 1 is 0.974 bits per heavy atom. The highest BCUT2D eigenvalue weighted by Gasteiger charge is 2.29. The van der Waals surface area contributed by atoms with Crippen LogP contribution in [0.3, 0.4) is 0 Å². The maximum atomic E-state index is 13.2. The van der Waals surface area contributed by atoms with Crippen LogP contribution in [0.2, 0.25) is 5.02 Å². The predicted molar refractivity (Wildman–Crippen MR) is 156 cm³/mol. The minimum Gasteiger partial charge on any atom is -0.481 e. The van der Waals surface area contributed by atoms with Gasteiger partial charge in [-0.15, -0.1) is 0 Å². The number of carbonyl (C=O) groups is 3. The lowest BCUT2D eigenvalue weighted by Gasteiger charge is -2.20. The van der Waals surface area contributed by atoms with Gasteiger partial charge in [-0.2, -0.15) is 0 Å². The Labute approximate surface area is 232 Å². The Bertz CT molecular complexity index is 1430. The highest BCUT2D eigenvalue weighted by atomic mass is 35.5. The molecular weight excluding hydrogens is 516 g/mol. The Balaban J connectivity index is 1.70. The SMILES string of the molecule is CN(C)CCC(=O)N(C)c1ccc(NC(=C2C(=O)Nc3cc(Cl)ccc32)c2cccc(CCC(=O)O)c2)cc1. The number of aliphatic carboxylic acids is 1. The topological polar surface area (TPSA) is 102 Å². The third kappa shape index (κ3) is 6.85. The van der Waals surface area contributed by atoms with Gasteiger partial charge in [0.15, 0.2) is 0 Å². The summed E-state index contributed by atoms with van der Waals surface area (Å²) in [5.74, 6) is -1.12. The molecule has 0 saturated heterocycles. The number of carboxylic acid groups (broad SMARTS) is 1. The van der Waals surface area contributed by atoms with Crippen molar-refractivity contribution in [2.24, 2.45) is 0 Å². The molecule has 0 atom stereocenters. The Hall–Kier alpha value is -4.14. The molecule has 1 aliphatic heterocycles. The van der Waals surface area contributed by atoms with Crippen molar-refractivity contribution >= 4 is 57.7 Å². The van der Waals surface area contributed by atoms with Crippen molar-refractivity contribution < 1.29 is 19.5 Å². The molecule has 39 heavy (non-hydrogen) atoms. The molecule has 2 amide bonds. The van der Waals surface area contributed by atoms with Gasteiger partial charge in [-0.1, -0.05) is 35.9 Å². The van der Waals surface area contributed by atoms with Crippen LogP contribution < -0.4 is 15.5 Å². The predicted octanol–water partition coefficient (Wildman–Crippen LogP) is 5.20. The maximum Gasteiger partial charge on any atom is 0.303 e. The van der Waals surface area contributed by atoms with E-state index in [-0.39, 0.29) is 18.2 Å². The van der Waals surface area contributed by atoms with E-state index >= 15 is 0 Å². The summed E-state index contributed by atoms with van der Waals surface area (Å²) >= 11 is 6.16. The highest BCUT2D eigenvalue weighted by Crippen LogP contribution is 2.39. The van der Waals surface area contributed by atoms with Crippen LogP contribution in [0.1, 0.15) is 29.5 Å². The number of aryl methyl sites for hydroxylation is 1. The van der Waals surface area contributed by atoms with E-state index in [1.165, 1.54) is 0 Å². The van der Waals surface area contributed by atoms with E-state index in [1.54, 1.807) is 30.1 Å². The summed E-state index contributed by atoms with van der Waals surface area (Å²) in [7, 11) is 5.61. The summed E-state index contributed by atoms with van der Waals surface area (Å²) in [5, 5.41) is 15.9. The van der Waals surface area contributed by atoms with Crippen molar-refractivity contribution in [1.82, 2.24) is 4.90 Å². The van der Waals surface area contributed by atoms with E-state index < -0.39 is 5.97 Å². The van der Waals surface area contributed by atoms with Gasteiger partial charge in [-0.05, 0) is 74.1 Å². The first-order valence-electron chi connectivity index (χ1n) is 12.6. The second kappa shape index (κ2) is 12.1. The molecule has 4 rings (SSSR count). The summed E-state index contributed by atoms with van der Waals surface area (Å²) < 4.78 is 0. The molecule has 3 aromatic carbocycles. The van der Waals surface area contributed by atoms with Gasteiger partial charge in [0.2, 0.25) is 5.91 Å². The number of rotatable bonds is 10. The van der Waals surface area contributed by atoms with Crippen LogP contribution in [0.5, 0.6) is 0 Å². The molecule has 3 N–H and O–H groups in total. The summed E-state index contributed by atoms with van der Waals surface area (Å²) in [5.41, 5.74) is 5.44. The summed E-state index contributed by atoms with van der Waals surface area (Å²) in [4.78, 5) is 40.5. The fraction of sp³-hybridized carbons (Fsp3) is 0.233. The second-order valence-electron chi connectivity index (χ2n) is 9.67. The smallest absolute Gasteiger partial charge is 0.303 e. The number of hydrogen-bond donors (Lipinski definition) is 3. The van der Waals surface area contributed by atoms with Crippen LogP contribution in [0.25, 0.3) is 11.3 Å². The van der Waals surface area contributed by atoms with Gasteiger partial charge in [0.25, 0.3) is 5.91 Å². The van der Waals surface area contributed by atoms with Gasteiger partial charge in [0, 0.05) is 48.4 Å². The van der Waals surface area contributed by atoms with Crippen molar-refractivity contribution in [3.05, 3.63) is 88.4 Å². The number of fused-ring (bicyclic) bond motifs is 1. The largest absolute Gasteiger partial charge is 0.481 e. The number of carbonyl (C=O) groups excluding carboxylic acids is 2. The number of benzene rings is 3. The molecule has 0 bridgehead atoms. The number of halogens is 1. The number of nitrogens with zero attached hydrogens (tertiary/aromatic N) is 2. The third-order valence-electron chi connectivity index (χ3n) is 6.49. The molecule has 1 aliphatic rings. The standard InChI is InChI=1S/C30H31ClN4O4/c1-34(2)16-15-26(36)35(3)23-11-9-22(10-12-23)32-29(20-6-4-5-19(17-20)7-14-27(37)38)28-24-13-8-21(31)18-25(24)33-30(28)39/h4-6,8-13,17-18,32H,7,14-16H2,1-3H3,(H,33,39)(H,37,38). The Morgan fingerprint density at radius 3 is 2.41 bits per heavy atom. The lowest BCUT2D eigenvalue weighted by molar-refractivity contribution is -0.137. The average molecular weight is 547 g/mol. The second-order valence-corrected chi connectivity index (χ2v) is 10.1. The first-order chi connectivity index (χ1) is 18.6. The molecule has 0 aromatic heterocycles. The van der Waals surface area contributed by atoms with E-state index in [4.69, 9.17) is 16.7 Å². The molecule has 0 fully saturated rings. The Kier molecular flexibility index (Phi) is 8.69. The van der Waals surface area contributed by atoms with Crippen LogP contribution in [0.15, 0.2) is 66.7 Å². The fourth-order valence-electron chi connectivity index (χ4n) is 4.35. The molecule has 8 nitrogen and oxygen atoms in total. The van der Waals surface area contributed by atoms with Gasteiger partial charge in [-0.25, -0.2) is 0 Å². The molecule has 9 heteroatoms. The molecule has 3 aromatic rings. The van der Waals surface area contributed by atoms with Crippen LogP contribution in [0, 0.1) is 0 Å².